The molecule has 0 saturated carbocycles. The van der Waals surface area contributed by atoms with Crippen LogP contribution in [-0.2, 0) is 11.2 Å². The van der Waals surface area contributed by atoms with E-state index in [1.54, 1.807) is 20.1 Å². The van der Waals surface area contributed by atoms with Crippen molar-refractivity contribution in [3.05, 3.63) is 59.7 Å². The molecule has 0 fully saturated rings. The van der Waals surface area contributed by atoms with Gasteiger partial charge >= 0.3 is 0 Å². The molecule has 1 aliphatic carbocycles. The van der Waals surface area contributed by atoms with Crippen molar-refractivity contribution in [2.45, 2.75) is 38.3 Å². The molecule has 3 rings (SSSR count). The predicted octanol–water partition coefficient (Wildman–Crippen LogP) is 3.66. The molecule has 2 aromatic rings. The van der Waals surface area contributed by atoms with Crippen molar-refractivity contribution in [3.8, 4) is 11.5 Å². The zero-order valence-corrected chi connectivity index (χ0v) is 14.1. The predicted molar refractivity (Wildman–Crippen MR) is 93.3 cm³/mol. The first-order valence-electron chi connectivity index (χ1n) is 8.37. The van der Waals surface area contributed by atoms with Gasteiger partial charge < -0.3 is 14.8 Å². The second-order valence-electron chi connectivity index (χ2n) is 6.06. The molecular weight excluding hydrogens is 302 g/mol. The van der Waals surface area contributed by atoms with E-state index in [2.05, 4.69) is 23.5 Å². The van der Waals surface area contributed by atoms with Crippen LogP contribution in [0.2, 0.25) is 0 Å². The van der Waals surface area contributed by atoms with Crippen LogP contribution in [0.1, 0.15) is 36.9 Å². The average Bonchev–Trinajstić information content (AvgIpc) is 2.62. The molecule has 0 bridgehead atoms. The molecule has 0 saturated heterocycles. The van der Waals surface area contributed by atoms with Crippen molar-refractivity contribution in [1.82, 2.24) is 5.32 Å². The molecule has 1 amide bonds. The SMILES string of the molecule is COc1ccccc1O[C@@H](C)C(=O)N[C@H]1CCCc2ccccc21. The number of methoxy groups -OCH3 is 1. The molecule has 0 aliphatic heterocycles. The van der Waals surface area contributed by atoms with Crippen molar-refractivity contribution in [1.29, 1.82) is 0 Å². The molecule has 0 heterocycles. The van der Waals surface area contributed by atoms with Gasteiger partial charge in [-0.05, 0) is 49.4 Å². The summed E-state index contributed by atoms with van der Waals surface area (Å²) in [6, 6.07) is 15.7. The lowest BCUT2D eigenvalue weighted by molar-refractivity contribution is -0.128. The van der Waals surface area contributed by atoms with Gasteiger partial charge in [-0.3, -0.25) is 4.79 Å². The van der Waals surface area contributed by atoms with Crippen molar-refractivity contribution < 1.29 is 14.3 Å². The van der Waals surface area contributed by atoms with Gasteiger partial charge in [-0.15, -0.1) is 0 Å². The van der Waals surface area contributed by atoms with E-state index in [4.69, 9.17) is 9.47 Å². The molecule has 0 unspecified atom stereocenters. The van der Waals surface area contributed by atoms with Crippen LogP contribution < -0.4 is 14.8 Å². The van der Waals surface area contributed by atoms with Crippen LogP contribution in [0.5, 0.6) is 11.5 Å². The first-order valence-corrected chi connectivity index (χ1v) is 8.37. The van der Waals surface area contributed by atoms with Crippen LogP contribution in [-0.4, -0.2) is 19.1 Å². The van der Waals surface area contributed by atoms with Crippen molar-refractivity contribution in [2.75, 3.05) is 7.11 Å². The van der Waals surface area contributed by atoms with Gasteiger partial charge in [0.15, 0.2) is 17.6 Å². The number of fused-ring (bicyclic) bond motifs is 1. The Morgan fingerprint density at radius 2 is 1.83 bits per heavy atom. The summed E-state index contributed by atoms with van der Waals surface area (Å²) in [6.07, 6.45) is 2.54. The number of nitrogens with one attached hydrogen (secondary N) is 1. The number of hydrogen-bond acceptors (Lipinski definition) is 3. The van der Waals surface area contributed by atoms with Crippen LogP contribution in [0.3, 0.4) is 0 Å². The van der Waals surface area contributed by atoms with Gasteiger partial charge in [0.2, 0.25) is 0 Å². The summed E-state index contributed by atoms with van der Waals surface area (Å²) in [6.45, 7) is 1.76. The Bertz CT molecular complexity index is 714. The third-order valence-electron chi connectivity index (χ3n) is 4.43. The number of amides is 1. The molecule has 4 nitrogen and oxygen atoms in total. The van der Waals surface area contributed by atoms with Gasteiger partial charge in [-0.2, -0.15) is 0 Å². The summed E-state index contributed by atoms with van der Waals surface area (Å²) in [4.78, 5) is 12.5. The number of carbonyl (C=O) groups excluding carboxylic acids is 1. The van der Waals surface area contributed by atoms with E-state index in [-0.39, 0.29) is 11.9 Å². The number of aryl methyl sites for hydroxylation is 1. The van der Waals surface area contributed by atoms with E-state index in [1.165, 1.54) is 11.1 Å². The molecule has 0 aromatic heterocycles. The first-order chi connectivity index (χ1) is 11.7. The minimum Gasteiger partial charge on any atom is -0.493 e. The number of rotatable bonds is 5. The van der Waals surface area contributed by atoms with Crippen LogP contribution in [0, 0.1) is 0 Å². The molecule has 4 heteroatoms. The van der Waals surface area contributed by atoms with Gasteiger partial charge in [0.05, 0.1) is 13.2 Å². The molecule has 0 radical (unpaired) electrons. The Balaban J connectivity index is 1.67. The second-order valence-corrected chi connectivity index (χ2v) is 6.06. The fourth-order valence-corrected chi connectivity index (χ4v) is 3.15. The maximum atomic E-state index is 12.5. The Morgan fingerprint density at radius 3 is 2.62 bits per heavy atom. The fraction of sp³-hybridized carbons (Fsp3) is 0.350. The molecule has 1 N–H and O–H groups in total. The standard InChI is InChI=1S/C20H23NO3/c1-14(24-19-13-6-5-12-18(19)23-2)20(22)21-17-11-7-9-15-8-3-4-10-16(15)17/h3-6,8,10,12-14,17H,7,9,11H2,1-2H3,(H,21,22)/t14-,17-/m0/s1. The van der Waals surface area contributed by atoms with Gasteiger partial charge in [0, 0.05) is 0 Å². The molecule has 24 heavy (non-hydrogen) atoms. The number of ether oxygens (including phenoxy) is 2. The summed E-state index contributed by atoms with van der Waals surface area (Å²) < 4.78 is 11.1. The molecule has 126 valence electrons. The summed E-state index contributed by atoms with van der Waals surface area (Å²) in [7, 11) is 1.59. The van der Waals surface area contributed by atoms with Crippen LogP contribution in [0.4, 0.5) is 0 Å². The van der Waals surface area contributed by atoms with E-state index in [9.17, 15) is 4.79 Å². The highest BCUT2D eigenvalue weighted by molar-refractivity contribution is 5.81. The Hall–Kier alpha value is -2.49. The molecule has 2 aromatic carbocycles. The third-order valence-corrected chi connectivity index (χ3v) is 4.43. The van der Waals surface area contributed by atoms with Crippen LogP contribution >= 0.6 is 0 Å². The number of carbonyl (C=O) groups is 1. The Labute approximate surface area is 142 Å². The minimum atomic E-state index is -0.588. The summed E-state index contributed by atoms with van der Waals surface area (Å²) in [5, 5.41) is 3.13. The minimum absolute atomic E-state index is 0.0613. The van der Waals surface area contributed by atoms with Gasteiger partial charge in [-0.25, -0.2) is 0 Å². The van der Waals surface area contributed by atoms with Crippen molar-refractivity contribution in [2.24, 2.45) is 0 Å². The number of hydrogen-bond donors (Lipinski definition) is 1. The van der Waals surface area contributed by atoms with E-state index < -0.39 is 6.10 Å². The van der Waals surface area contributed by atoms with Crippen molar-refractivity contribution in [3.63, 3.8) is 0 Å². The summed E-state index contributed by atoms with van der Waals surface area (Å²) in [5.41, 5.74) is 2.55. The average molecular weight is 325 g/mol. The molecule has 0 spiro atoms. The Morgan fingerprint density at radius 1 is 1.12 bits per heavy atom. The molecule has 1 aliphatic rings. The maximum absolute atomic E-state index is 12.5. The maximum Gasteiger partial charge on any atom is 0.261 e. The van der Waals surface area contributed by atoms with E-state index in [0.717, 1.165) is 19.3 Å². The summed E-state index contributed by atoms with van der Waals surface area (Å²) >= 11 is 0. The highest BCUT2D eigenvalue weighted by atomic mass is 16.5. The largest absolute Gasteiger partial charge is 0.493 e. The normalized spacial score (nSPS) is 17.5. The number of benzene rings is 2. The molecule has 2 atom stereocenters. The zero-order chi connectivity index (χ0) is 16.9. The van der Waals surface area contributed by atoms with E-state index >= 15 is 0 Å². The van der Waals surface area contributed by atoms with Crippen LogP contribution in [0.15, 0.2) is 48.5 Å². The topological polar surface area (TPSA) is 47.6 Å². The van der Waals surface area contributed by atoms with Crippen molar-refractivity contribution >= 4 is 5.91 Å². The quantitative estimate of drug-likeness (QED) is 0.913. The summed E-state index contributed by atoms with van der Waals surface area (Å²) in [5.74, 6) is 1.09. The Kier molecular flexibility index (Phi) is 5.04. The van der Waals surface area contributed by atoms with Gasteiger partial charge in [-0.1, -0.05) is 36.4 Å². The molecular formula is C20H23NO3. The van der Waals surface area contributed by atoms with E-state index in [0.29, 0.717) is 11.5 Å². The highest BCUT2D eigenvalue weighted by Crippen LogP contribution is 2.30. The van der Waals surface area contributed by atoms with Gasteiger partial charge in [0.1, 0.15) is 0 Å². The second kappa shape index (κ2) is 7.39. The lowest BCUT2D eigenvalue weighted by Crippen LogP contribution is -2.39. The first kappa shape index (κ1) is 16.4. The zero-order valence-electron chi connectivity index (χ0n) is 14.1. The highest BCUT2D eigenvalue weighted by Gasteiger charge is 2.24. The fourth-order valence-electron chi connectivity index (χ4n) is 3.15. The van der Waals surface area contributed by atoms with Crippen LogP contribution in [0.25, 0.3) is 0 Å². The van der Waals surface area contributed by atoms with E-state index in [1.807, 2.05) is 24.3 Å². The third kappa shape index (κ3) is 3.53. The lowest BCUT2D eigenvalue weighted by Gasteiger charge is -2.27. The number of para-hydroxylation sites is 2. The monoisotopic (exact) mass is 325 g/mol. The van der Waals surface area contributed by atoms with Gasteiger partial charge in [0.25, 0.3) is 5.91 Å². The smallest absolute Gasteiger partial charge is 0.261 e. The lowest BCUT2D eigenvalue weighted by atomic mass is 9.87.